The van der Waals surface area contributed by atoms with Crippen molar-refractivity contribution < 1.29 is 13.2 Å². The first-order valence-electron chi connectivity index (χ1n) is 8.16. The lowest BCUT2D eigenvalue weighted by Crippen LogP contribution is -2.21. The van der Waals surface area contributed by atoms with Gasteiger partial charge in [0.15, 0.2) is 0 Å². The smallest absolute Gasteiger partial charge is 0.314 e. The molecule has 3 rings (SSSR count). The van der Waals surface area contributed by atoms with Crippen molar-refractivity contribution in [2.24, 2.45) is 5.11 Å². The molecule has 25 heavy (non-hydrogen) atoms. The fraction of sp³-hybridized carbons (Fsp3) is 0.500. The highest BCUT2D eigenvalue weighted by atomic mass is 19.3. The fourth-order valence-electron chi connectivity index (χ4n) is 2.95. The average molecular weight is 348 g/mol. The minimum atomic E-state index is -2.79. The largest absolute Gasteiger partial charge is 0.415 e. The van der Waals surface area contributed by atoms with Crippen LogP contribution in [0.25, 0.3) is 21.9 Å². The van der Waals surface area contributed by atoms with Crippen molar-refractivity contribution in [1.29, 1.82) is 0 Å². The van der Waals surface area contributed by atoms with E-state index in [-0.39, 0.29) is 11.9 Å². The Labute approximate surface area is 143 Å². The number of rotatable bonds is 7. The minimum Gasteiger partial charge on any atom is -0.415 e. The molecule has 0 N–H and O–H groups in total. The summed E-state index contributed by atoms with van der Waals surface area (Å²) in [7, 11) is 0. The number of likely N-dealkylation sites (tertiary alicyclic amines) is 1. The lowest BCUT2D eigenvalue weighted by molar-refractivity contribution is 0.116. The number of hydrogen-bond acceptors (Lipinski definition) is 5. The molecule has 1 aliphatic heterocycles. The molecule has 0 spiro atoms. The molecule has 0 aliphatic carbocycles. The number of halogens is 2. The van der Waals surface area contributed by atoms with Gasteiger partial charge in [-0.2, -0.15) is 8.78 Å². The van der Waals surface area contributed by atoms with E-state index in [1.165, 1.54) is 12.8 Å². The van der Waals surface area contributed by atoms with Crippen LogP contribution < -0.4 is 0 Å². The van der Waals surface area contributed by atoms with Crippen molar-refractivity contribution in [3.63, 3.8) is 0 Å². The maximum Gasteiger partial charge on any atom is 0.314 e. The number of aromatic nitrogens is 2. The Balaban J connectivity index is 1.70. The van der Waals surface area contributed by atoms with Crippen LogP contribution in [0.1, 0.15) is 43.2 Å². The quantitative estimate of drug-likeness (QED) is 0.418. The van der Waals surface area contributed by atoms with Gasteiger partial charge < -0.3 is 9.32 Å². The normalized spacial score (nSPS) is 16.1. The Kier molecular flexibility index (Phi) is 5.57. The Morgan fingerprint density at radius 3 is 2.52 bits per heavy atom. The summed E-state index contributed by atoms with van der Waals surface area (Å²) in [5.74, 6) is -0.657. The molecule has 1 fully saturated rings. The third-order valence-electron chi connectivity index (χ3n) is 4.28. The second-order valence-electron chi connectivity index (χ2n) is 5.93. The zero-order chi connectivity index (χ0) is 17.6. The lowest BCUT2D eigenvalue weighted by atomic mass is 10.0. The monoisotopic (exact) mass is 348 g/mol. The van der Waals surface area contributed by atoms with Crippen molar-refractivity contribution in [2.45, 2.75) is 31.7 Å². The highest BCUT2D eigenvalue weighted by molar-refractivity contribution is 5.53. The standard InChI is InChI=1S/C16H18F2N6O/c17-14(18)16-22-21-15(25-16)12-5-3-11(4-6-12)13(20-23-19)7-10-24-8-1-2-9-24/h3-6,13-14H,1-2,7-10H2. The van der Waals surface area contributed by atoms with E-state index in [0.29, 0.717) is 5.56 Å². The zero-order valence-corrected chi connectivity index (χ0v) is 13.6. The van der Waals surface area contributed by atoms with Gasteiger partial charge in [-0.25, -0.2) is 0 Å². The number of nitrogens with zero attached hydrogens (tertiary/aromatic N) is 6. The van der Waals surface area contributed by atoms with E-state index in [0.717, 1.165) is 31.6 Å². The van der Waals surface area contributed by atoms with Crippen molar-refractivity contribution in [2.75, 3.05) is 19.6 Å². The summed E-state index contributed by atoms with van der Waals surface area (Å²) in [5, 5.41) is 10.8. The molecule has 132 valence electrons. The summed E-state index contributed by atoms with van der Waals surface area (Å²) in [5.41, 5.74) is 10.2. The van der Waals surface area contributed by atoms with Crippen LogP contribution in [0.3, 0.4) is 0 Å². The molecular weight excluding hydrogens is 330 g/mol. The van der Waals surface area contributed by atoms with Gasteiger partial charge in [0, 0.05) is 10.5 Å². The van der Waals surface area contributed by atoms with E-state index < -0.39 is 12.3 Å². The van der Waals surface area contributed by atoms with Crippen molar-refractivity contribution >= 4 is 0 Å². The molecule has 0 bridgehead atoms. The van der Waals surface area contributed by atoms with Crippen LogP contribution >= 0.6 is 0 Å². The average Bonchev–Trinajstić information content (AvgIpc) is 3.30. The predicted octanol–water partition coefficient (Wildman–Crippen LogP) is 4.51. The van der Waals surface area contributed by atoms with Crippen LogP contribution in [0.15, 0.2) is 33.8 Å². The van der Waals surface area contributed by atoms with Crippen LogP contribution in [0.4, 0.5) is 8.78 Å². The van der Waals surface area contributed by atoms with Gasteiger partial charge in [0.25, 0.3) is 5.89 Å². The number of azide groups is 1. The zero-order valence-electron chi connectivity index (χ0n) is 13.6. The van der Waals surface area contributed by atoms with Gasteiger partial charge >= 0.3 is 6.43 Å². The second kappa shape index (κ2) is 8.04. The third-order valence-corrected chi connectivity index (χ3v) is 4.28. The highest BCUT2D eigenvalue weighted by Gasteiger charge is 2.18. The molecule has 1 saturated heterocycles. The molecule has 0 amide bonds. The fourth-order valence-corrected chi connectivity index (χ4v) is 2.95. The summed E-state index contributed by atoms with van der Waals surface area (Å²) in [6.45, 7) is 3.06. The van der Waals surface area contributed by atoms with Gasteiger partial charge in [-0.1, -0.05) is 17.2 Å². The second-order valence-corrected chi connectivity index (χ2v) is 5.93. The van der Waals surface area contributed by atoms with Gasteiger partial charge in [0.2, 0.25) is 5.89 Å². The van der Waals surface area contributed by atoms with E-state index in [4.69, 9.17) is 9.95 Å². The van der Waals surface area contributed by atoms with Crippen LogP contribution in [0, 0.1) is 0 Å². The van der Waals surface area contributed by atoms with E-state index in [2.05, 4.69) is 25.1 Å². The van der Waals surface area contributed by atoms with E-state index in [9.17, 15) is 8.78 Å². The molecule has 7 nitrogen and oxygen atoms in total. The molecule has 0 saturated carbocycles. The molecule has 1 unspecified atom stereocenters. The predicted molar refractivity (Wildman–Crippen MR) is 86.9 cm³/mol. The Morgan fingerprint density at radius 1 is 1.20 bits per heavy atom. The lowest BCUT2D eigenvalue weighted by Gasteiger charge is -2.18. The number of hydrogen-bond donors (Lipinski definition) is 0. The first kappa shape index (κ1) is 17.3. The van der Waals surface area contributed by atoms with E-state index >= 15 is 0 Å². The maximum atomic E-state index is 12.5. The first-order chi connectivity index (χ1) is 12.2. The summed E-state index contributed by atoms with van der Waals surface area (Å²) >= 11 is 0. The van der Waals surface area contributed by atoms with Crippen LogP contribution in [-0.2, 0) is 0 Å². The maximum absolute atomic E-state index is 12.5. The van der Waals surface area contributed by atoms with Crippen molar-refractivity contribution in [3.05, 3.63) is 46.2 Å². The molecule has 9 heteroatoms. The summed E-state index contributed by atoms with van der Waals surface area (Å²) in [6, 6.07) is 6.73. The molecule has 2 heterocycles. The van der Waals surface area contributed by atoms with Crippen molar-refractivity contribution in [1.82, 2.24) is 15.1 Å². The molecule has 1 aromatic carbocycles. The molecule has 2 aromatic rings. The highest BCUT2D eigenvalue weighted by Crippen LogP contribution is 2.27. The minimum absolute atomic E-state index is 0.0410. The molecular formula is C16H18F2N6O. The Bertz CT molecular complexity index is 735. The van der Waals surface area contributed by atoms with Crippen LogP contribution in [0.2, 0.25) is 0 Å². The molecule has 1 atom stereocenters. The first-order valence-corrected chi connectivity index (χ1v) is 8.16. The van der Waals surface area contributed by atoms with Gasteiger partial charge in [-0.15, -0.1) is 10.2 Å². The number of alkyl halides is 2. The van der Waals surface area contributed by atoms with Crippen LogP contribution in [0.5, 0.6) is 0 Å². The van der Waals surface area contributed by atoms with Gasteiger partial charge in [0.05, 0.1) is 6.04 Å². The summed E-state index contributed by atoms with van der Waals surface area (Å²) < 4.78 is 30.0. The summed E-state index contributed by atoms with van der Waals surface area (Å²) in [4.78, 5) is 5.30. The Hall–Kier alpha value is -2.51. The Morgan fingerprint density at radius 2 is 1.92 bits per heavy atom. The number of benzene rings is 1. The van der Waals surface area contributed by atoms with E-state index in [1.54, 1.807) is 24.3 Å². The van der Waals surface area contributed by atoms with Gasteiger partial charge in [-0.05, 0) is 62.1 Å². The third kappa shape index (κ3) is 4.32. The molecule has 0 radical (unpaired) electrons. The molecule has 1 aromatic heterocycles. The van der Waals surface area contributed by atoms with Crippen molar-refractivity contribution in [3.8, 4) is 11.5 Å². The topological polar surface area (TPSA) is 90.9 Å². The summed E-state index contributed by atoms with van der Waals surface area (Å²) in [6.07, 6.45) is 0.372. The van der Waals surface area contributed by atoms with Crippen LogP contribution in [-0.4, -0.2) is 34.7 Å². The molecule has 1 aliphatic rings. The van der Waals surface area contributed by atoms with Gasteiger partial charge in [0.1, 0.15) is 0 Å². The SMILES string of the molecule is [N-]=[N+]=NC(CCN1CCCC1)c1ccc(-c2nnc(C(F)F)o2)cc1. The van der Waals surface area contributed by atoms with E-state index in [1.807, 2.05) is 0 Å². The van der Waals surface area contributed by atoms with Gasteiger partial charge in [-0.3, -0.25) is 0 Å².